The van der Waals surface area contributed by atoms with Crippen LogP contribution in [0.5, 0.6) is 0 Å². The highest BCUT2D eigenvalue weighted by molar-refractivity contribution is 8.18. The first-order valence-electron chi connectivity index (χ1n) is 11.8. The third-order valence-electron chi connectivity index (χ3n) is 6.40. The van der Waals surface area contributed by atoms with E-state index in [-0.39, 0.29) is 23.1 Å². The van der Waals surface area contributed by atoms with Crippen LogP contribution in [0, 0.1) is 0 Å². The number of aromatic nitrogens is 2. The lowest BCUT2D eigenvalue weighted by Crippen LogP contribution is -2.35. The highest BCUT2D eigenvalue weighted by Gasteiger charge is 2.39. The van der Waals surface area contributed by atoms with Crippen molar-refractivity contribution in [3.63, 3.8) is 0 Å². The number of carbonyl (C=O) groups is 1. The summed E-state index contributed by atoms with van der Waals surface area (Å²) < 4.78 is 81.5. The zero-order chi connectivity index (χ0) is 27.9. The number of hydrogen-bond donors (Lipinski definition) is 3. The molecule has 0 bridgehead atoms. The van der Waals surface area contributed by atoms with Gasteiger partial charge in [0.2, 0.25) is 0 Å². The number of hydrogen-bond acceptors (Lipinski definition) is 6. The number of carbonyl (C=O) groups excluding carboxylic acids is 1. The summed E-state index contributed by atoms with van der Waals surface area (Å²) in [6.45, 7) is 1.52. The number of benzene rings is 2. The van der Waals surface area contributed by atoms with Crippen LogP contribution in [-0.2, 0) is 23.6 Å². The second-order valence-electron chi connectivity index (χ2n) is 9.13. The maximum Gasteiger partial charge on any atom is 0.416 e. The number of amidine groups is 1. The molecule has 14 heteroatoms. The van der Waals surface area contributed by atoms with Crippen molar-refractivity contribution in [2.45, 2.75) is 24.9 Å². The fourth-order valence-corrected chi connectivity index (χ4v) is 5.55. The van der Waals surface area contributed by atoms with E-state index in [1.54, 1.807) is 23.1 Å². The Hall–Kier alpha value is -3.36. The number of aromatic amines is 1. The quantitative estimate of drug-likeness (QED) is 0.319. The standard InChI is InChI=1S/C25H21F6N5O2S/c26-24(27,28)16-3-1-14(19(9-16)25(29,30)31)8-18(13-2-4-20-15(7-13)10-33-35-20)21-22(38)34-23(39-21)36-6-5-32-11-17(37)12-36/h1-4,7,9-10,17,32,37H,5-6,8,11-12H2,(H,33,35). The van der Waals surface area contributed by atoms with E-state index in [1.807, 2.05) is 0 Å². The summed E-state index contributed by atoms with van der Waals surface area (Å²) in [5.41, 5.74) is -2.02. The van der Waals surface area contributed by atoms with Gasteiger partial charge in [-0.25, -0.2) is 0 Å². The number of halogens is 6. The van der Waals surface area contributed by atoms with Gasteiger partial charge in [0, 0.05) is 31.6 Å². The molecule has 2 aromatic carbocycles. The molecule has 2 aliphatic rings. The van der Waals surface area contributed by atoms with Gasteiger partial charge < -0.3 is 15.3 Å². The number of thioether (sulfide) groups is 1. The predicted octanol–water partition coefficient (Wildman–Crippen LogP) is 4.45. The van der Waals surface area contributed by atoms with Gasteiger partial charge >= 0.3 is 12.4 Å². The van der Waals surface area contributed by atoms with Crippen LogP contribution < -0.4 is 5.32 Å². The number of amides is 1. The highest BCUT2D eigenvalue weighted by Crippen LogP contribution is 2.42. The zero-order valence-corrected chi connectivity index (χ0v) is 20.8. The molecule has 1 fully saturated rings. The molecule has 0 aliphatic carbocycles. The fourth-order valence-electron chi connectivity index (χ4n) is 4.49. The number of aliphatic hydroxyl groups excluding tert-OH is 1. The molecule has 1 unspecified atom stereocenters. The van der Waals surface area contributed by atoms with Crippen LogP contribution in [0.15, 0.2) is 52.5 Å². The summed E-state index contributed by atoms with van der Waals surface area (Å²) >= 11 is 0.969. The Balaban J connectivity index is 1.60. The van der Waals surface area contributed by atoms with Crippen molar-refractivity contribution in [2.24, 2.45) is 4.99 Å². The second kappa shape index (κ2) is 10.3. The minimum Gasteiger partial charge on any atom is -0.390 e. The van der Waals surface area contributed by atoms with Crippen molar-refractivity contribution in [1.82, 2.24) is 20.4 Å². The average Bonchev–Trinajstić information content (AvgIpc) is 3.42. The van der Waals surface area contributed by atoms with Crippen molar-refractivity contribution in [3.05, 3.63) is 69.8 Å². The normalized spacial score (nSPS) is 20.4. The Morgan fingerprint density at radius 2 is 1.90 bits per heavy atom. The molecule has 1 amide bonds. The Bertz CT molecular complexity index is 1480. The van der Waals surface area contributed by atoms with E-state index < -0.39 is 47.5 Å². The van der Waals surface area contributed by atoms with Crippen LogP contribution >= 0.6 is 11.8 Å². The highest BCUT2D eigenvalue weighted by atomic mass is 32.2. The van der Waals surface area contributed by atoms with Crippen LogP contribution in [-0.4, -0.2) is 63.6 Å². The van der Waals surface area contributed by atoms with Crippen molar-refractivity contribution in [1.29, 1.82) is 0 Å². The molecule has 1 atom stereocenters. The number of fused-ring (bicyclic) bond motifs is 1. The van der Waals surface area contributed by atoms with Gasteiger partial charge in [-0.15, -0.1) is 0 Å². The number of β-amino-alcohol motifs (C(OH)–C–C–N with tert-alkyl or cyclic N) is 1. The molecule has 1 aromatic heterocycles. The molecular formula is C25H21F6N5O2S. The predicted molar refractivity (Wildman–Crippen MR) is 134 cm³/mol. The maximum atomic E-state index is 13.9. The van der Waals surface area contributed by atoms with Gasteiger partial charge in [0.1, 0.15) is 0 Å². The molecule has 2 aliphatic heterocycles. The van der Waals surface area contributed by atoms with Gasteiger partial charge in [0.05, 0.1) is 33.8 Å². The number of allylic oxidation sites excluding steroid dienone is 1. The number of alkyl halides is 6. The summed E-state index contributed by atoms with van der Waals surface area (Å²) in [5.74, 6) is -0.676. The first-order chi connectivity index (χ1) is 18.4. The molecule has 206 valence electrons. The molecule has 39 heavy (non-hydrogen) atoms. The first-order valence-corrected chi connectivity index (χ1v) is 12.6. The number of rotatable bonds is 3. The largest absolute Gasteiger partial charge is 0.416 e. The molecule has 1 saturated heterocycles. The second-order valence-corrected chi connectivity index (χ2v) is 10.1. The van der Waals surface area contributed by atoms with E-state index in [1.165, 1.54) is 6.20 Å². The average molecular weight is 570 g/mol. The number of aliphatic imine (C=N–C) groups is 1. The van der Waals surface area contributed by atoms with Gasteiger partial charge in [0.15, 0.2) is 5.17 Å². The fraction of sp³-hybridized carbons (Fsp3) is 0.320. The summed E-state index contributed by atoms with van der Waals surface area (Å²) in [5, 5.41) is 20.8. The van der Waals surface area contributed by atoms with E-state index in [0.717, 1.165) is 17.8 Å². The third kappa shape index (κ3) is 5.82. The molecule has 3 N–H and O–H groups in total. The lowest BCUT2D eigenvalue weighted by molar-refractivity contribution is -0.143. The lowest BCUT2D eigenvalue weighted by atomic mass is 9.92. The smallest absolute Gasteiger partial charge is 0.390 e. The van der Waals surface area contributed by atoms with Gasteiger partial charge in [0.25, 0.3) is 5.91 Å². The Kier molecular flexibility index (Phi) is 7.20. The lowest BCUT2D eigenvalue weighted by Gasteiger charge is -2.22. The molecule has 0 radical (unpaired) electrons. The van der Waals surface area contributed by atoms with Crippen LogP contribution in [0.25, 0.3) is 16.5 Å². The summed E-state index contributed by atoms with van der Waals surface area (Å²) in [6, 6.07) is 6.39. The van der Waals surface area contributed by atoms with Gasteiger partial charge in [-0.3, -0.25) is 9.89 Å². The van der Waals surface area contributed by atoms with Gasteiger partial charge in [-0.05, 0) is 59.1 Å². The number of aliphatic hydroxyl groups is 1. The van der Waals surface area contributed by atoms with E-state index in [2.05, 4.69) is 20.5 Å². The van der Waals surface area contributed by atoms with Gasteiger partial charge in [-0.1, -0.05) is 12.1 Å². The summed E-state index contributed by atoms with van der Waals surface area (Å²) in [7, 11) is 0. The number of nitrogens with zero attached hydrogens (tertiary/aromatic N) is 3. The van der Waals surface area contributed by atoms with E-state index in [0.29, 0.717) is 47.3 Å². The molecule has 5 rings (SSSR count). The Labute approximate surface area is 222 Å². The molecule has 7 nitrogen and oxygen atoms in total. The van der Waals surface area contributed by atoms with Gasteiger partial charge in [-0.2, -0.15) is 36.4 Å². The van der Waals surface area contributed by atoms with E-state index >= 15 is 0 Å². The monoisotopic (exact) mass is 569 g/mol. The van der Waals surface area contributed by atoms with Crippen molar-refractivity contribution in [3.8, 4) is 0 Å². The topological polar surface area (TPSA) is 93.6 Å². The molecular weight excluding hydrogens is 548 g/mol. The maximum absolute atomic E-state index is 13.9. The van der Waals surface area contributed by atoms with Crippen LogP contribution in [0.3, 0.4) is 0 Å². The van der Waals surface area contributed by atoms with Crippen LogP contribution in [0.1, 0.15) is 22.3 Å². The molecule has 0 saturated carbocycles. The summed E-state index contributed by atoms with van der Waals surface area (Å²) in [4.78, 5) is 19.0. The Morgan fingerprint density at radius 1 is 1.10 bits per heavy atom. The first kappa shape index (κ1) is 27.2. The van der Waals surface area contributed by atoms with Crippen molar-refractivity contribution < 1.29 is 36.2 Å². The minimum atomic E-state index is -5.06. The Morgan fingerprint density at radius 3 is 2.64 bits per heavy atom. The third-order valence-corrected chi connectivity index (χ3v) is 7.55. The van der Waals surface area contributed by atoms with E-state index in [4.69, 9.17) is 0 Å². The molecule has 3 heterocycles. The van der Waals surface area contributed by atoms with Crippen LogP contribution in [0.4, 0.5) is 26.3 Å². The molecule has 3 aromatic rings. The van der Waals surface area contributed by atoms with Crippen LogP contribution in [0.2, 0.25) is 0 Å². The number of nitrogens with one attached hydrogen (secondary N) is 2. The zero-order valence-electron chi connectivity index (χ0n) is 20.0. The van der Waals surface area contributed by atoms with Crippen molar-refractivity contribution >= 4 is 39.3 Å². The minimum absolute atomic E-state index is 0.0626. The van der Waals surface area contributed by atoms with E-state index in [9.17, 15) is 36.2 Å². The molecule has 0 spiro atoms. The number of H-pyrrole nitrogens is 1. The SMILES string of the molecule is O=C1N=C(N2CCNCC(O)C2)SC1=C(Cc1ccc(C(F)(F)F)cc1C(F)(F)F)c1ccc2[nH]ncc2c1. The van der Waals surface area contributed by atoms with Crippen molar-refractivity contribution in [2.75, 3.05) is 26.2 Å². The summed E-state index contributed by atoms with van der Waals surface area (Å²) in [6.07, 6.45) is -9.71.